The highest BCUT2D eigenvalue weighted by Gasteiger charge is 2.38. The van der Waals surface area contributed by atoms with Gasteiger partial charge in [-0.15, -0.1) is 0 Å². The van der Waals surface area contributed by atoms with Crippen LogP contribution in [0.2, 0.25) is 0 Å². The number of methoxy groups -OCH3 is 1. The second-order valence-corrected chi connectivity index (χ2v) is 4.21. The Morgan fingerprint density at radius 2 is 2.17 bits per heavy atom. The molecule has 4 atom stereocenters. The fourth-order valence-electron chi connectivity index (χ4n) is 2.66. The molecule has 0 amide bonds. The maximum absolute atomic E-state index is 5.59. The average Bonchev–Trinajstić information content (AvgIpc) is 2.47. The van der Waals surface area contributed by atoms with Crippen LogP contribution in [-0.2, 0) is 9.47 Å². The highest BCUT2D eigenvalue weighted by atomic mass is 16.7. The number of rotatable bonds is 1. The van der Waals surface area contributed by atoms with Gasteiger partial charge in [0.15, 0.2) is 6.29 Å². The van der Waals surface area contributed by atoms with Crippen molar-refractivity contribution in [3.05, 3.63) is 0 Å². The minimum atomic E-state index is 0.0801. The van der Waals surface area contributed by atoms with Crippen molar-refractivity contribution in [1.82, 2.24) is 0 Å². The fourth-order valence-corrected chi connectivity index (χ4v) is 2.66. The van der Waals surface area contributed by atoms with E-state index in [0.717, 1.165) is 30.8 Å². The third-order valence-corrected chi connectivity index (χ3v) is 3.56. The van der Waals surface area contributed by atoms with E-state index in [1.165, 1.54) is 12.8 Å². The minimum Gasteiger partial charge on any atom is -0.356 e. The van der Waals surface area contributed by atoms with Crippen LogP contribution in [-0.4, -0.2) is 20.0 Å². The average molecular weight is 170 g/mol. The molecule has 2 fully saturated rings. The normalized spacial score (nSPS) is 47.5. The van der Waals surface area contributed by atoms with Crippen LogP contribution in [0.15, 0.2) is 0 Å². The van der Waals surface area contributed by atoms with Gasteiger partial charge < -0.3 is 9.47 Å². The maximum Gasteiger partial charge on any atom is 0.157 e. The zero-order valence-electron chi connectivity index (χ0n) is 7.95. The van der Waals surface area contributed by atoms with Crippen molar-refractivity contribution in [1.29, 1.82) is 0 Å². The minimum absolute atomic E-state index is 0.0801. The molecule has 70 valence electrons. The van der Waals surface area contributed by atoms with Crippen LogP contribution in [0.1, 0.15) is 26.2 Å². The van der Waals surface area contributed by atoms with Gasteiger partial charge in [-0.25, -0.2) is 0 Å². The van der Waals surface area contributed by atoms with E-state index in [2.05, 4.69) is 6.92 Å². The van der Waals surface area contributed by atoms with Crippen LogP contribution in [0.4, 0.5) is 0 Å². The van der Waals surface area contributed by atoms with Crippen LogP contribution in [0.25, 0.3) is 0 Å². The van der Waals surface area contributed by atoms with Gasteiger partial charge in [0.25, 0.3) is 0 Å². The van der Waals surface area contributed by atoms with Gasteiger partial charge in [-0.3, -0.25) is 0 Å². The van der Waals surface area contributed by atoms with Crippen LogP contribution < -0.4 is 0 Å². The number of fused-ring (bicyclic) bond motifs is 1. The molecule has 1 saturated carbocycles. The molecule has 0 spiro atoms. The van der Waals surface area contributed by atoms with Crippen molar-refractivity contribution < 1.29 is 9.47 Å². The van der Waals surface area contributed by atoms with Gasteiger partial charge in [0.1, 0.15) is 0 Å². The van der Waals surface area contributed by atoms with Gasteiger partial charge >= 0.3 is 0 Å². The third-order valence-electron chi connectivity index (χ3n) is 3.56. The van der Waals surface area contributed by atoms with E-state index in [9.17, 15) is 0 Å². The molecule has 0 aromatic rings. The molecule has 1 heterocycles. The Bertz CT molecular complexity index is 158. The lowest BCUT2D eigenvalue weighted by molar-refractivity contribution is -0.175. The van der Waals surface area contributed by atoms with E-state index in [1.54, 1.807) is 7.11 Å². The van der Waals surface area contributed by atoms with Crippen molar-refractivity contribution in [3.63, 3.8) is 0 Å². The predicted octanol–water partition coefficient (Wildman–Crippen LogP) is 2.04. The Labute approximate surface area is 74.2 Å². The summed E-state index contributed by atoms with van der Waals surface area (Å²) in [4.78, 5) is 0. The summed E-state index contributed by atoms with van der Waals surface area (Å²) in [6.07, 6.45) is 3.96. The lowest BCUT2D eigenvalue weighted by atomic mass is 9.87. The molecule has 0 N–H and O–H groups in total. The van der Waals surface area contributed by atoms with Gasteiger partial charge in [-0.2, -0.15) is 0 Å². The topological polar surface area (TPSA) is 18.5 Å². The van der Waals surface area contributed by atoms with E-state index >= 15 is 0 Å². The third kappa shape index (κ3) is 1.38. The van der Waals surface area contributed by atoms with Crippen molar-refractivity contribution in [2.24, 2.45) is 17.8 Å². The maximum atomic E-state index is 5.59. The summed E-state index contributed by atoms with van der Waals surface area (Å²) < 4.78 is 10.8. The summed E-state index contributed by atoms with van der Waals surface area (Å²) in [7, 11) is 1.74. The van der Waals surface area contributed by atoms with Gasteiger partial charge in [-0.1, -0.05) is 13.3 Å². The highest BCUT2D eigenvalue weighted by molar-refractivity contribution is 4.85. The molecule has 1 aliphatic carbocycles. The fraction of sp³-hybridized carbons (Fsp3) is 1.00. The molecule has 0 bridgehead atoms. The van der Waals surface area contributed by atoms with Crippen molar-refractivity contribution in [2.45, 2.75) is 32.5 Å². The van der Waals surface area contributed by atoms with Crippen LogP contribution >= 0.6 is 0 Å². The van der Waals surface area contributed by atoms with E-state index in [-0.39, 0.29) is 6.29 Å². The monoisotopic (exact) mass is 170 g/mol. The Kier molecular flexibility index (Phi) is 2.37. The van der Waals surface area contributed by atoms with Gasteiger partial charge in [0.05, 0.1) is 6.61 Å². The Hall–Kier alpha value is -0.0800. The first kappa shape index (κ1) is 8.52. The summed E-state index contributed by atoms with van der Waals surface area (Å²) in [5, 5.41) is 0. The molecule has 0 aromatic carbocycles. The molecule has 1 aliphatic heterocycles. The standard InChI is InChI=1S/C10H18O2/c1-7-3-4-8-5-10(11-2)12-6-9(7)8/h7-10H,3-6H2,1-2H3/t7-,8+,9+,10+/m1/s1. The number of ether oxygens (including phenoxy) is 2. The lowest BCUT2D eigenvalue weighted by Gasteiger charge is -2.32. The molecule has 0 radical (unpaired) electrons. The quantitative estimate of drug-likeness (QED) is 0.599. The molecule has 2 rings (SSSR count). The van der Waals surface area contributed by atoms with Gasteiger partial charge in [0, 0.05) is 13.5 Å². The van der Waals surface area contributed by atoms with Crippen LogP contribution in [0.3, 0.4) is 0 Å². The van der Waals surface area contributed by atoms with E-state index in [4.69, 9.17) is 9.47 Å². The van der Waals surface area contributed by atoms with Crippen molar-refractivity contribution in [3.8, 4) is 0 Å². The lowest BCUT2D eigenvalue weighted by Crippen LogP contribution is -2.33. The van der Waals surface area contributed by atoms with Crippen LogP contribution in [0, 0.1) is 17.8 Å². The van der Waals surface area contributed by atoms with E-state index in [1.807, 2.05) is 0 Å². The predicted molar refractivity (Wildman–Crippen MR) is 46.7 cm³/mol. The molecule has 0 aromatic heterocycles. The molecular weight excluding hydrogens is 152 g/mol. The molecule has 2 heteroatoms. The molecule has 0 unspecified atom stereocenters. The largest absolute Gasteiger partial charge is 0.356 e. The number of hydrogen-bond donors (Lipinski definition) is 0. The summed E-state index contributed by atoms with van der Waals surface area (Å²) in [5.41, 5.74) is 0. The zero-order valence-corrected chi connectivity index (χ0v) is 7.95. The summed E-state index contributed by atoms with van der Waals surface area (Å²) in [6.45, 7) is 3.27. The first-order valence-electron chi connectivity index (χ1n) is 4.95. The molecule has 2 nitrogen and oxygen atoms in total. The van der Waals surface area contributed by atoms with E-state index < -0.39 is 0 Å². The SMILES string of the molecule is CO[C@@H]1C[C@@H]2CC[C@@H](C)[C@@H]2CO1. The summed E-state index contributed by atoms with van der Waals surface area (Å²) >= 11 is 0. The van der Waals surface area contributed by atoms with Crippen molar-refractivity contribution in [2.75, 3.05) is 13.7 Å². The highest BCUT2D eigenvalue weighted by Crippen LogP contribution is 2.42. The summed E-state index contributed by atoms with van der Waals surface area (Å²) in [6, 6.07) is 0. The molecule has 1 saturated heterocycles. The summed E-state index contributed by atoms with van der Waals surface area (Å²) in [5.74, 6) is 2.56. The first-order valence-corrected chi connectivity index (χ1v) is 4.95. The van der Waals surface area contributed by atoms with Crippen LogP contribution in [0.5, 0.6) is 0 Å². The van der Waals surface area contributed by atoms with Gasteiger partial charge in [0.2, 0.25) is 0 Å². The number of hydrogen-bond acceptors (Lipinski definition) is 2. The molecule has 12 heavy (non-hydrogen) atoms. The second kappa shape index (κ2) is 3.35. The zero-order chi connectivity index (χ0) is 8.55. The molecule has 2 aliphatic rings. The van der Waals surface area contributed by atoms with Gasteiger partial charge in [-0.05, 0) is 24.2 Å². The van der Waals surface area contributed by atoms with E-state index in [0.29, 0.717) is 0 Å². The Morgan fingerprint density at radius 3 is 2.92 bits per heavy atom. The van der Waals surface area contributed by atoms with Crippen molar-refractivity contribution >= 4 is 0 Å². The first-order chi connectivity index (χ1) is 5.81. The molecular formula is C10H18O2. The second-order valence-electron chi connectivity index (χ2n) is 4.21. The Balaban J connectivity index is 1.95. The smallest absolute Gasteiger partial charge is 0.157 e. The Morgan fingerprint density at radius 1 is 1.33 bits per heavy atom.